The van der Waals surface area contributed by atoms with E-state index in [1.165, 1.54) is 12.8 Å². The zero-order valence-corrected chi connectivity index (χ0v) is 8.75. The smallest absolute Gasteiger partial charge is 0.234 e. The lowest BCUT2D eigenvalue weighted by Crippen LogP contribution is -2.52. The lowest BCUT2D eigenvalue weighted by atomic mass is 10.2. The van der Waals surface area contributed by atoms with Crippen LogP contribution in [-0.4, -0.2) is 49.1 Å². The molecule has 4 nitrogen and oxygen atoms in total. The van der Waals surface area contributed by atoms with Gasteiger partial charge in [0.05, 0.1) is 6.54 Å². The van der Waals surface area contributed by atoms with Crippen LogP contribution in [0.5, 0.6) is 0 Å². The van der Waals surface area contributed by atoms with Crippen LogP contribution in [0.15, 0.2) is 0 Å². The summed E-state index contributed by atoms with van der Waals surface area (Å²) in [4.78, 5) is 13.7. The molecular weight excluding hydrogens is 178 g/mol. The van der Waals surface area contributed by atoms with Crippen LogP contribution in [0.25, 0.3) is 0 Å². The summed E-state index contributed by atoms with van der Waals surface area (Å²) in [7, 11) is 0. The van der Waals surface area contributed by atoms with Gasteiger partial charge in [0.2, 0.25) is 5.91 Å². The fourth-order valence-corrected chi connectivity index (χ4v) is 1.86. The summed E-state index contributed by atoms with van der Waals surface area (Å²) in [5.74, 6) is 0.196. The summed E-state index contributed by atoms with van der Waals surface area (Å²) in [6, 6.07) is 1.00. The van der Waals surface area contributed by atoms with Crippen LogP contribution < -0.4 is 10.6 Å². The Morgan fingerprint density at radius 1 is 1.57 bits per heavy atom. The van der Waals surface area contributed by atoms with E-state index in [1.54, 1.807) is 0 Å². The zero-order chi connectivity index (χ0) is 9.97. The molecule has 1 aliphatic heterocycles. The second kappa shape index (κ2) is 4.28. The predicted molar refractivity (Wildman–Crippen MR) is 55.1 cm³/mol. The van der Waals surface area contributed by atoms with E-state index in [9.17, 15) is 4.79 Å². The summed E-state index contributed by atoms with van der Waals surface area (Å²) >= 11 is 0. The van der Waals surface area contributed by atoms with Crippen LogP contribution in [-0.2, 0) is 4.79 Å². The van der Waals surface area contributed by atoms with Crippen molar-refractivity contribution in [1.29, 1.82) is 0 Å². The SMILES string of the molecule is CC1CN(CC(=O)NC2CC2)CCN1. The Balaban J connectivity index is 1.69. The number of piperazine rings is 1. The summed E-state index contributed by atoms with van der Waals surface area (Å²) in [6.45, 7) is 5.70. The number of amides is 1. The van der Waals surface area contributed by atoms with Crippen LogP contribution >= 0.6 is 0 Å². The van der Waals surface area contributed by atoms with Gasteiger partial charge < -0.3 is 10.6 Å². The minimum absolute atomic E-state index is 0.196. The van der Waals surface area contributed by atoms with Crippen molar-refractivity contribution in [2.24, 2.45) is 0 Å². The maximum Gasteiger partial charge on any atom is 0.234 e. The maximum atomic E-state index is 11.5. The van der Waals surface area contributed by atoms with E-state index in [2.05, 4.69) is 22.5 Å². The molecule has 2 N–H and O–H groups in total. The Hall–Kier alpha value is -0.610. The molecule has 0 bridgehead atoms. The highest BCUT2D eigenvalue weighted by Gasteiger charge is 2.24. The molecule has 80 valence electrons. The summed E-state index contributed by atoms with van der Waals surface area (Å²) in [5.41, 5.74) is 0. The van der Waals surface area contributed by atoms with Gasteiger partial charge in [0, 0.05) is 31.7 Å². The van der Waals surface area contributed by atoms with E-state index in [4.69, 9.17) is 0 Å². The van der Waals surface area contributed by atoms with E-state index >= 15 is 0 Å². The predicted octanol–water partition coefficient (Wildman–Crippen LogP) is -0.441. The Bertz CT molecular complexity index is 215. The Morgan fingerprint density at radius 3 is 3.00 bits per heavy atom. The first-order valence-corrected chi connectivity index (χ1v) is 5.49. The summed E-state index contributed by atoms with van der Waals surface area (Å²) in [5, 5.41) is 6.38. The molecule has 2 aliphatic rings. The van der Waals surface area contributed by atoms with Crippen molar-refractivity contribution in [3.63, 3.8) is 0 Å². The first kappa shape index (κ1) is 9.93. The third-order valence-corrected chi connectivity index (χ3v) is 2.76. The van der Waals surface area contributed by atoms with Crippen molar-refractivity contribution in [3.05, 3.63) is 0 Å². The summed E-state index contributed by atoms with van der Waals surface area (Å²) < 4.78 is 0. The molecule has 1 amide bonds. The van der Waals surface area contributed by atoms with Gasteiger partial charge >= 0.3 is 0 Å². The van der Waals surface area contributed by atoms with Crippen molar-refractivity contribution < 1.29 is 4.79 Å². The lowest BCUT2D eigenvalue weighted by Gasteiger charge is -2.31. The van der Waals surface area contributed by atoms with Gasteiger partial charge in [-0.15, -0.1) is 0 Å². The number of hydrogen-bond donors (Lipinski definition) is 2. The fourth-order valence-electron chi connectivity index (χ4n) is 1.86. The standard InChI is InChI=1S/C10H19N3O/c1-8-6-13(5-4-11-8)7-10(14)12-9-2-3-9/h8-9,11H,2-7H2,1H3,(H,12,14). The molecule has 2 fully saturated rings. The minimum atomic E-state index is 0.196. The molecule has 2 rings (SSSR count). The van der Waals surface area contributed by atoms with Gasteiger partial charge in [-0.1, -0.05) is 0 Å². The quantitative estimate of drug-likeness (QED) is 0.644. The van der Waals surface area contributed by atoms with Crippen LogP contribution in [0.3, 0.4) is 0 Å². The highest BCUT2D eigenvalue weighted by Crippen LogP contribution is 2.18. The van der Waals surface area contributed by atoms with E-state index in [1.807, 2.05) is 0 Å². The second-order valence-corrected chi connectivity index (χ2v) is 4.43. The zero-order valence-electron chi connectivity index (χ0n) is 8.75. The van der Waals surface area contributed by atoms with Gasteiger partial charge in [0.25, 0.3) is 0 Å². The second-order valence-electron chi connectivity index (χ2n) is 4.43. The van der Waals surface area contributed by atoms with E-state index < -0.39 is 0 Å². The van der Waals surface area contributed by atoms with Gasteiger partial charge in [-0.05, 0) is 19.8 Å². The van der Waals surface area contributed by atoms with E-state index in [0.717, 1.165) is 19.6 Å². The number of hydrogen-bond acceptors (Lipinski definition) is 3. The molecule has 0 radical (unpaired) electrons. The first-order chi connectivity index (χ1) is 6.74. The lowest BCUT2D eigenvalue weighted by molar-refractivity contribution is -0.122. The molecular formula is C10H19N3O. The van der Waals surface area contributed by atoms with Crippen LogP contribution in [0.1, 0.15) is 19.8 Å². The van der Waals surface area contributed by atoms with E-state index in [-0.39, 0.29) is 5.91 Å². The van der Waals surface area contributed by atoms with Gasteiger partial charge in [-0.25, -0.2) is 0 Å². The van der Waals surface area contributed by atoms with Gasteiger partial charge in [-0.2, -0.15) is 0 Å². The van der Waals surface area contributed by atoms with Crippen molar-refractivity contribution in [1.82, 2.24) is 15.5 Å². The number of nitrogens with zero attached hydrogens (tertiary/aromatic N) is 1. The maximum absolute atomic E-state index is 11.5. The molecule has 1 heterocycles. The third-order valence-electron chi connectivity index (χ3n) is 2.76. The molecule has 1 atom stereocenters. The molecule has 4 heteroatoms. The first-order valence-electron chi connectivity index (χ1n) is 5.49. The summed E-state index contributed by atoms with van der Waals surface area (Å²) in [6.07, 6.45) is 2.34. The van der Waals surface area contributed by atoms with Crippen molar-refractivity contribution in [2.75, 3.05) is 26.2 Å². The largest absolute Gasteiger partial charge is 0.352 e. The minimum Gasteiger partial charge on any atom is -0.352 e. The van der Waals surface area contributed by atoms with Gasteiger partial charge in [-0.3, -0.25) is 9.69 Å². The molecule has 1 aliphatic carbocycles. The highest BCUT2D eigenvalue weighted by molar-refractivity contribution is 5.78. The van der Waals surface area contributed by atoms with Gasteiger partial charge in [0.15, 0.2) is 0 Å². The Labute approximate surface area is 85.0 Å². The third kappa shape index (κ3) is 2.96. The molecule has 0 aromatic heterocycles. The molecule has 0 aromatic rings. The molecule has 14 heavy (non-hydrogen) atoms. The number of carbonyl (C=O) groups excluding carboxylic acids is 1. The molecule has 1 unspecified atom stereocenters. The van der Waals surface area contributed by atoms with Crippen LogP contribution in [0.2, 0.25) is 0 Å². The molecule has 1 saturated heterocycles. The normalized spacial score (nSPS) is 28.8. The number of nitrogens with one attached hydrogen (secondary N) is 2. The van der Waals surface area contributed by atoms with E-state index in [0.29, 0.717) is 18.6 Å². The molecule has 0 aromatic carbocycles. The van der Waals surface area contributed by atoms with Crippen LogP contribution in [0.4, 0.5) is 0 Å². The topological polar surface area (TPSA) is 44.4 Å². The Morgan fingerprint density at radius 2 is 2.36 bits per heavy atom. The average molecular weight is 197 g/mol. The highest BCUT2D eigenvalue weighted by atomic mass is 16.2. The van der Waals surface area contributed by atoms with Crippen molar-refractivity contribution in [3.8, 4) is 0 Å². The number of carbonyl (C=O) groups is 1. The average Bonchev–Trinajstić information content (AvgIpc) is 2.87. The van der Waals surface area contributed by atoms with Gasteiger partial charge in [0.1, 0.15) is 0 Å². The monoisotopic (exact) mass is 197 g/mol. The van der Waals surface area contributed by atoms with Crippen molar-refractivity contribution in [2.45, 2.75) is 31.8 Å². The van der Waals surface area contributed by atoms with Crippen LogP contribution in [0, 0.1) is 0 Å². The molecule has 0 spiro atoms. The van der Waals surface area contributed by atoms with Crippen molar-refractivity contribution >= 4 is 5.91 Å². The fraction of sp³-hybridized carbons (Fsp3) is 0.900. The number of rotatable bonds is 3. The molecule has 1 saturated carbocycles. The Kier molecular flexibility index (Phi) is 3.03.